The van der Waals surface area contributed by atoms with Gasteiger partial charge in [0.15, 0.2) is 5.82 Å². The van der Waals surface area contributed by atoms with Crippen LogP contribution in [0.25, 0.3) is 21.9 Å². The van der Waals surface area contributed by atoms with Gasteiger partial charge < -0.3 is 15.0 Å². The van der Waals surface area contributed by atoms with Crippen LogP contribution in [0, 0.1) is 5.82 Å². The van der Waals surface area contributed by atoms with Crippen molar-refractivity contribution in [3.8, 4) is 0 Å². The number of ether oxygens (including phenoxy) is 1. The van der Waals surface area contributed by atoms with Crippen molar-refractivity contribution < 1.29 is 13.3 Å². The summed E-state index contributed by atoms with van der Waals surface area (Å²) in [6.45, 7) is 1.81. The molecular weight excluding hydrogens is 465 g/mol. The highest BCUT2D eigenvalue weighted by molar-refractivity contribution is 7.83. The Labute approximate surface area is 198 Å². The summed E-state index contributed by atoms with van der Waals surface area (Å²) in [6.07, 6.45) is 2.27. The largest absolute Gasteiger partial charge is 0.384 e. The van der Waals surface area contributed by atoms with Crippen LogP contribution < -0.4 is 10.5 Å². The molecule has 0 aliphatic carbocycles. The Morgan fingerprint density at radius 2 is 2.03 bits per heavy atom. The number of hydrogen-bond acceptors (Lipinski definition) is 5. The number of nitrogens with zero attached hydrogens (tertiary/aromatic N) is 3. The number of nitrogens with two attached hydrogens (primary N) is 1. The van der Waals surface area contributed by atoms with E-state index in [1.165, 1.54) is 18.2 Å². The Kier molecular flexibility index (Phi) is 7.54. The van der Waals surface area contributed by atoms with E-state index in [-0.39, 0.29) is 5.02 Å². The van der Waals surface area contributed by atoms with Crippen molar-refractivity contribution in [3.05, 3.63) is 59.1 Å². The third kappa shape index (κ3) is 5.16. The summed E-state index contributed by atoms with van der Waals surface area (Å²) in [6, 6.07) is 11.9. The fraction of sp³-hybridized carbons (Fsp3) is 0.304. The maximum Gasteiger partial charge on any atom is 0.152 e. The zero-order valence-electron chi connectivity index (χ0n) is 18.2. The highest BCUT2D eigenvalue weighted by Gasteiger charge is 2.17. The zero-order chi connectivity index (χ0) is 23.4. The van der Waals surface area contributed by atoms with Crippen molar-refractivity contribution in [2.45, 2.75) is 30.7 Å². The lowest BCUT2D eigenvalue weighted by atomic mass is 10.2. The monoisotopic (exact) mass is 489 g/mol. The van der Waals surface area contributed by atoms with E-state index in [4.69, 9.17) is 27.1 Å². The molecule has 0 bridgehead atoms. The molecule has 4 aromatic rings. The molecule has 33 heavy (non-hydrogen) atoms. The number of halogens is 2. The van der Waals surface area contributed by atoms with Gasteiger partial charge in [-0.25, -0.2) is 23.3 Å². The van der Waals surface area contributed by atoms with Crippen molar-refractivity contribution in [1.82, 2.24) is 19.3 Å². The standard InChI is InChI=1S/C23H25ClFN5O2S/c1-32-13-10-20-29-21-22(16-6-2-3-7-19(16)28-23(21)26)30(20)12-5-4-11-27-33(31)15-8-9-18(25)17(24)14-15/h2-3,6-9,14,27H,4-5,10-13H2,1H3,(H2,26,28). The molecule has 7 nitrogen and oxygen atoms in total. The lowest BCUT2D eigenvalue weighted by Crippen LogP contribution is -2.19. The minimum Gasteiger partial charge on any atom is -0.384 e. The maximum atomic E-state index is 13.3. The average Bonchev–Trinajstić information content (AvgIpc) is 3.18. The number of methoxy groups -OCH3 is 1. The summed E-state index contributed by atoms with van der Waals surface area (Å²) in [5.41, 5.74) is 8.73. The van der Waals surface area contributed by atoms with Gasteiger partial charge in [-0.05, 0) is 37.1 Å². The number of fused-ring (bicyclic) bond motifs is 3. The summed E-state index contributed by atoms with van der Waals surface area (Å²) in [5, 5.41) is 0.962. The van der Waals surface area contributed by atoms with Gasteiger partial charge in [0.1, 0.15) is 28.1 Å². The van der Waals surface area contributed by atoms with Gasteiger partial charge >= 0.3 is 0 Å². The lowest BCUT2D eigenvalue weighted by Gasteiger charge is -2.11. The highest BCUT2D eigenvalue weighted by atomic mass is 35.5. The third-order valence-electron chi connectivity index (χ3n) is 5.37. The maximum absolute atomic E-state index is 13.3. The molecule has 2 heterocycles. The van der Waals surface area contributed by atoms with Gasteiger partial charge in [0.05, 0.1) is 27.6 Å². The Morgan fingerprint density at radius 1 is 1.21 bits per heavy atom. The molecule has 0 aliphatic rings. The van der Waals surface area contributed by atoms with E-state index in [1.807, 2.05) is 24.3 Å². The number of imidazole rings is 1. The number of unbranched alkanes of at least 4 members (excludes halogenated alkanes) is 1. The third-order valence-corrected chi connectivity index (χ3v) is 6.80. The summed E-state index contributed by atoms with van der Waals surface area (Å²) in [7, 11) is 0.209. The summed E-state index contributed by atoms with van der Waals surface area (Å²) in [5.74, 6) is 0.781. The van der Waals surface area contributed by atoms with Gasteiger partial charge in [-0.15, -0.1) is 0 Å². The van der Waals surface area contributed by atoms with Crippen molar-refractivity contribution in [1.29, 1.82) is 0 Å². The first kappa shape index (κ1) is 23.6. The molecule has 174 valence electrons. The average molecular weight is 490 g/mol. The van der Waals surface area contributed by atoms with Crippen molar-refractivity contribution in [2.75, 3.05) is 26.0 Å². The molecule has 4 rings (SSSR count). The van der Waals surface area contributed by atoms with Crippen molar-refractivity contribution >= 4 is 50.3 Å². The van der Waals surface area contributed by atoms with Crippen LogP contribution in [-0.4, -0.2) is 39.0 Å². The second-order valence-electron chi connectivity index (χ2n) is 7.58. The lowest BCUT2D eigenvalue weighted by molar-refractivity contribution is 0.199. The summed E-state index contributed by atoms with van der Waals surface area (Å²) >= 11 is 5.78. The number of aryl methyl sites for hydroxylation is 1. The summed E-state index contributed by atoms with van der Waals surface area (Å²) in [4.78, 5) is 9.71. The van der Waals surface area contributed by atoms with Crippen LogP contribution in [0.5, 0.6) is 0 Å². The molecule has 2 aromatic carbocycles. The number of anilines is 1. The molecule has 0 saturated heterocycles. The van der Waals surface area contributed by atoms with Crippen LogP contribution in [0.3, 0.4) is 0 Å². The fourth-order valence-electron chi connectivity index (χ4n) is 3.77. The quantitative estimate of drug-likeness (QED) is 0.325. The second-order valence-corrected chi connectivity index (χ2v) is 9.28. The Morgan fingerprint density at radius 3 is 2.82 bits per heavy atom. The van der Waals surface area contributed by atoms with Crippen LogP contribution in [0.2, 0.25) is 5.02 Å². The van der Waals surface area contributed by atoms with E-state index in [9.17, 15) is 8.60 Å². The molecule has 0 radical (unpaired) electrons. The van der Waals surface area contributed by atoms with Crippen LogP contribution in [0.15, 0.2) is 47.4 Å². The van der Waals surface area contributed by atoms with E-state index < -0.39 is 16.8 Å². The van der Waals surface area contributed by atoms with Crippen molar-refractivity contribution in [2.24, 2.45) is 0 Å². The fourth-order valence-corrected chi connectivity index (χ4v) is 4.92. The first-order valence-electron chi connectivity index (χ1n) is 10.6. The Bertz CT molecular complexity index is 1310. The molecule has 0 fully saturated rings. The minimum absolute atomic E-state index is 0.0424. The molecular formula is C23H25ClFN5O2S. The predicted octanol–water partition coefficient (Wildman–Crippen LogP) is 4.24. The first-order chi connectivity index (χ1) is 16.0. The molecule has 3 N–H and O–H groups in total. The molecule has 1 unspecified atom stereocenters. The second kappa shape index (κ2) is 10.6. The van der Waals surface area contributed by atoms with Gasteiger partial charge in [0.2, 0.25) is 0 Å². The Balaban J connectivity index is 1.48. The van der Waals surface area contributed by atoms with Crippen LogP contribution in [0.1, 0.15) is 18.7 Å². The number of para-hydroxylation sites is 1. The van der Waals surface area contributed by atoms with E-state index in [0.29, 0.717) is 35.8 Å². The normalized spacial score (nSPS) is 12.6. The zero-order valence-corrected chi connectivity index (χ0v) is 19.8. The molecule has 0 amide bonds. The number of benzene rings is 2. The predicted molar refractivity (Wildman–Crippen MR) is 130 cm³/mol. The van der Waals surface area contributed by atoms with Crippen LogP contribution in [0.4, 0.5) is 10.2 Å². The number of pyridine rings is 1. The molecule has 0 saturated carbocycles. The molecule has 2 aromatic heterocycles. The topological polar surface area (TPSA) is 95.1 Å². The smallest absolute Gasteiger partial charge is 0.152 e. The van der Waals surface area contributed by atoms with Gasteiger partial charge in [0, 0.05) is 32.0 Å². The van der Waals surface area contributed by atoms with E-state index in [2.05, 4.69) is 14.3 Å². The van der Waals surface area contributed by atoms with Gasteiger partial charge in [0.25, 0.3) is 0 Å². The van der Waals surface area contributed by atoms with E-state index in [1.54, 1.807) is 7.11 Å². The Hall–Kier alpha value is -2.59. The number of rotatable bonds is 10. The van der Waals surface area contributed by atoms with Crippen LogP contribution >= 0.6 is 11.6 Å². The molecule has 10 heteroatoms. The molecule has 0 aliphatic heterocycles. The summed E-state index contributed by atoms with van der Waals surface area (Å²) < 4.78 is 36.1. The van der Waals surface area contributed by atoms with Gasteiger partial charge in [-0.2, -0.15) is 0 Å². The first-order valence-corrected chi connectivity index (χ1v) is 12.1. The molecule has 1 atom stereocenters. The number of aromatic nitrogens is 3. The number of nitrogens with one attached hydrogen (secondary N) is 1. The van der Waals surface area contributed by atoms with Crippen molar-refractivity contribution in [3.63, 3.8) is 0 Å². The minimum atomic E-state index is -1.46. The highest BCUT2D eigenvalue weighted by Crippen LogP contribution is 2.29. The number of nitrogen functional groups attached to an aromatic ring is 1. The van der Waals surface area contributed by atoms with Gasteiger partial charge in [-0.3, -0.25) is 0 Å². The SMILES string of the molecule is COCCc1nc2c(N)nc3ccccc3c2n1CCCCNS(=O)c1ccc(F)c(Cl)c1. The molecule has 0 spiro atoms. The van der Waals surface area contributed by atoms with Gasteiger partial charge in [-0.1, -0.05) is 29.8 Å². The van der Waals surface area contributed by atoms with Crippen LogP contribution in [-0.2, 0) is 28.7 Å². The van der Waals surface area contributed by atoms with E-state index >= 15 is 0 Å². The number of hydrogen-bond donors (Lipinski definition) is 2. The van der Waals surface area contributed by atoms with E-state index in [0.717, 1.165) is 41.6 Å².